The van der Waals surface area contributed by atoms with E-state index < -0.39 is 5.97 Å². The van der Waals surface area contributed by atoms with Crippen LogP contribution in [0.1, 0.15) is 12.8 Å². The molecule has 2 unspecified atom stereocenters. The van der Waals surface area contributed by atoms with Gasteiger partial charge in [-0.05, 0) is 12.8 Å². The zero-order chi connectivity index (χ0) is 10.4. The van der Waals surface area contributed by atoms with Gasteiger partial charge >= 0.3 is 5.97 Å². The molecule has 0 aromatic carbocycles. The van der Waals surface area contributed by atoms with Crippen LogP contribution >= 0.6 is 0 Å². The van der Waals surface area contributed by atoms with Gasteiger partial charge in [-0.2, -0.15) is 0 Å². The molecule has 1 fully saturated rings. The Kier molecular flexibility index (Phi) is 4.62. The van der Waals surface area contributed by atoms with Gasteiger partial charge in [0.25, 0.3) is 0 Å². The number of methoxy groups -OCH3 is 1. The topological polar surface area (TPSA) is 44.8 Å². The average molecular weight is 200 g/mol. The minimum absolute atomic E-state index is 0.0290. The summed E-state index contributed by atoms with van der Waals surface area (Å²) in [5, 5.41) is 0. The first-order chi connectivity index (χ1) is 6.77. The molecule has 80 valence electrons. The molecule has 1 aliphatic rings. The maximum Gasteiger partial charge on any atom is 0.330 e. The van der Waals surface area contributed by atoms with Gasteiger partial charge in [0.2, 0.25) is 0 Å². The highest BCUT2D eigenvalue weighted by Gasteiger charge is 2.26. The van der Waals surface area contributed by atoms with Crippen LogP contribution in [0.25, 0.3) is 0 Å². The van der Waals surface area contributed by atoms with Crippen LogP contribution in [0.5, 0.6) is 0 Å². The first-order valence-corrected chi connectivity index (χ1v) is 4.71. The molecule has 1 aliphatic heterocycles. The second kappa shape index (κ2) is 5.78. The van der Waals surface area contributed by atoms with E-state index in [1.165, 1.54) is 0 Å². The molecule has 4 heteroatoms. The Bertz CT molecular complexity index is 202. The van der Waals surface area contributed by atoms with Crippen LogP contribution in [0.2, 0.25) is 0 Å². The van der Waals surface area contributed by atoms with Crippen molar-refractivity contribution in [1.82, 2.24) is 0 Å². The van der Waals surface area contributed by atoms with E-state index in [9.17, 15) is 4.79 Å². The Hall–Kier alpha value is -0.870. The Morgan fingerprint density at radius 3 is 3.14 bits per heavy atom. The Labute approximate surface area is 83.8 Å². The molecule has 0 radical (unpaired) electrons. The molecule has 1 rings (SSSR count). The third kappa shape index (κ3) is 3.12. The molecule has 1 heterocycles. The zero-order valence-corrected chi connectivity index (χ0v) is 8.40. The number of hydrogen-bond acceptors (Lipinski definition) is 4. The molecular formula is C10H16O4. The van der Waals surface area contributed by atoms with E-state index in [2.05, 4.69) is 6.58 Å². The van der Waals surface area contributed by atoms with Gasteiger partial charge in [-0.1, -0.05) is 6.58 Å². The summed E-state index contributed by atoms with van der Waals surface area (Å²) in [6.45, 7) is 4.26. The van der Waals surface area contributed by atoms with E-state index in [1.54, 1.807) is 7.11 Å². The second-order valence-corrected chi connectivity index (χ2v) is 3.16. The van der Waals surface area contributed by atoms with Gasteiger partial charge in [0.05, 0.1) is 6.10 Å². The fourth-order valence-corrected chi connectivity index (χ4v) is 1.46. The predicted molar refractivity (Wildman–Crippen MR) is 50.9 cm³/mol. The molecule has 0 spiro atoms. The number of carbonyl (C=O) groups is 1. The lowest BCUT2D eigenvalue weighted by Gasteiger charge is -2.29. The minimum Gasteiger partial charge on any atom is -0.460 e. The van der Waals surface area contributed by atoms with Crippen LogP contribution in [-0.4, -0.2) is 38.5 Å². The summed E-state index contributed by atoms with van der Waals surface area (Å²) >= 11 is 0. The van der Waals surface area contributed by atoms with Crippen molar-refractivity contribution in [3.05, 3.63) is 12.7 Å². The SMILES string of the molecule is C=CC(=O)OCC1OCCCC1OC. The summed E-state index contributed by atoms with van der Waals surface area (Å²) in [6.07, 6.45) is 2.97. The third-order valence-electron chi connectivity index (χ3n) is 2.24. The van der Waals surface area contributed by atoms with Crippen molar-refractivity contribution in [3.63, 3.8) is 0 Å². The van der Waals surface area contributed by atoms with Crippen LogP contribution in [0.4, 0.5) is 0 Å². The van der Waals surface area contributed by atoms with Crippen molar-refractivity contribution in [2.24, 2.45) is 0 Å². The third-order valence-corrected chi connectivity index (χ3v) is 2.24. The highest BCUT2D eigenvalue weighted by Crippen LogP contribution is 2.16. The maximum atomic E-state index is 10.8. The minimum atomic E-state index is -0.422. The molecule has 0 amide bonds. The summed E-state index contributed by atoms with van der Waals surface area (Å²) in [7, 11) is 1.64. The Morgan fingerprint density at radius 2 is 2.50 bits per heavy atom. The van der Waals surface area contributed by atoms with Crippen LogP contribution in [0, 0.1) is 0 Å². The van der Waals surface area contributed by atoms with Crippen molar-refractivity contribution in [2.45, 2.75) is 25.0 Å². The van der Waals surface area contributed by atoms with E-state index >= 15 is 0 Å². The highest BCUT2D eigenvalue weighted by atomic mass is 16.6. The number of carbonyl (C=O) groups excluding carboxylic acids is 1. The molecule has 4 nitrogen and oxygen atoms in total. The summed E-state index contributed by atoms with van der Waals surface area (Å²) in [5.41, 5.74) is 0. The molecule has 0 bridgehead atoms. The zero-order valence-electron chi connectivity index (χ0n) is 8.40. The van der Waals surface area contributed by atoms with Gasteiger partial charge in [-0.15, -0.1) is 0 Å². The number of ether oxygens (including phenoxy) is 3. The molecular weight excluding hydrogens is 184 g/mol. The Morgan fingerprint density at radius 1 is 1.71 bits per heavy atom. The first-order valence-electron chi connectivity index (χ1n) is 4.71. The lowest BCUT2D eigenvalue weighted by Crippen LogP contribution is -2.39. The number of esters is 1. The molecule has 0 aromatic rings. The van der Waals surface area contributed by atoms with Gasteiger partial charge in [0, 0.05) is 19.8 Å². The van der Waals surface area contributed by atoms with Crippen molar-refractivity contribution >= 4 is 5.97 Å². The molecule has 14 heavy (non-hydrogen) atoms. The normalized spacial score (nSPS) is 26.9. The largest absolute Gasteiger partial charge is 0.460 e. The lowest BCUT2D eigenvalue weighted by molar-refractivity contribution is -0.152. The molecule has 0 aliphatic carbocycles. The smallest absolute Gasteiger partial charge is 0.330 e. The fraction of sp³-hybridized carbons (Fsp3) is 0.700. The van der Waals surface area contributed by atoms with Crippen LogP contribution in [-0.2, 0) is 19.0 Å². The highest BCUT2D eigenvalue weighted by molar-refractivity contribution is 5.81. The standard InChI is InChI=1S/C10H16O4/c1-3-10(11)14-7-9-8(12-2)5-4-6-13-9/h3,8-9H,1,4-7H2,2H3. The summed E-state index contributed by atoms with van der Waals surface area (Å²) in [6, 6.07) is 0. The van der Waals surface area contributed by atoms with E-state index in [-0.39, 0.29) is 18.8 Å². The predicted octanol–water partition coefficient (Wildman–Crippen LogP) is 0.910. The van der Waals surface area contributed by atoms with E-state index in [4.69, 9.17) is 14.2 Å². The van der Waals surface area contributed by atoms with Gasteiger partial charge < -0.3 is 14.2 Å². The van der Waals surface area contributed by atoms with Gasteiger partial charge in [-0.25, -0.2) is 4.79 Å². The number of hydrogen-bond donors (Lipinski definition) is 0. The van der Waals surface area contributed by atoms with E-state index in [0.717, 1.165) is 18.9 Å². The second-order valence-electron chi connectivity index (χ2n) is 3.16. The van der Waals surface area contributed by atoms with Crippen molar-refractivity contribution < 1.29 is 19.0 Å². The maximum absolute atomic E-state index is 10.8. The van der Waals surface area contributed by atoms with Crippen LogP contribution in [0.3, 0.4) is 0 Å². The van der Waals surface area contributed by atoms with Gasteiger partial charge in [-0.3, -0.25) is 0 Å². The lowest BCUT2D eigenvalue weighted by atomic mass is 10.1. The molecule has 1 saturated heterocycles. The van der Waals surface area contributed by atoms with Crippen LogP contribution in [0.15, 0.2) is 12.7 Å². The molecule has 0 aromatic heterocycles. The first kappa shape index (κ1) is 11.2. The van der Waals surface area contributed by atoms with Gasteiger partial charge in [0.1, 0.15) is 12.7 Å². The van der Waals surface area contributed by atoms with Crippen molar-refractivity contribution in [3.8, 4) is 0 Å². The summed E-state index contributed by atoms with van der Waals surface area (Å²) in [4.78, 5) is 10.8. The average Bonchev–Trinajstić information content (AvgIpc) is 2.26. The Balaban J connectivity index is 2.33. The molecule has 0 saturated carbocycles. The summed E-state index contributed by atoms with van der Waals surface area (Å²) in [5.74, 6) is -0.422. The van der Waals surface area contributed by atoms with Gasteiger partial charge in [0.15, 0.2) is 0 Å². The quantitative estimate of drug-likeness (QED) is 0.500. The van der Waals surface area contributed by atoms with Crippen molar-refractivity contribution in [1.29, 1.82) is 0 Å². The molecule has 0 N–H and O–H groups in total. The molecule has 2 atom stereocenters. The van der Waals surface area contributed by atoms with Crippen LogP contribution < -0.4 is 0 Å². The van der Waals surface area contributed by atoms with E-state index in [1.807, 2.05) is 0 Å². The fourth-order valence-electron chi connectivity index (χ4n) is 1.46. The monoisotopic (exact) mass is 200 g/mol. The number of rotatable bonds is 4. The van der Waals surface area contributed by atoms with Crippen molar-refractivity contribution in [2.75, 3.05) is 20.3 Å². The van der Waals surface area contributed by atoms with E-state index in [0.29, 0.717) is 6.61 Å². The summed E-state index contributed by atoms with van der Waals surface area (Å²) < 4.78 is 15.6.